The lowest BCUT2D eigenvalue weighted by molar-refractivity contribution is -0.143. The van der Waals surface area contributed by atoms with Crippen molar-refractivity contribution in [2.24, 2.45) is 0 Å². The number of carbonyl (C=O) groups is 1. The maximum absolute atomic E-state index is 13.1. The number of hydrogen-bond acceptors (Lipinski definition) is 3. The molecule has 1 aliphatic heterocycles. The number of piperidine rings is 1. The highest BCUT2D eigenvalue weighted by Gasteiger charge is 2.37. The summed E-state index contributed by atoms with van der Waals surface area (Å²) in [5, 5.41) is 2.60. The second-order valence-electron chi connectivity index (χ2n) is 7.55. The molecule has 1 heterocycles. The van der Waals surface area contributed by atoms with Crippen molar-refractivity contribution in [3.63, 3.8) is 0 Å². The molecule has 0 aliphatic carbocycles. The molecular weight excluding hydrogens is 438 g/mol. The van der Waals surface area contributed by atoms with Gasteiger partial charge in [0.1, 0.15) is 0 Å². The molecule has 0 bridgehead atoms. The van der Waals surface area contributed by atoms with Crippen LogP contribution in [-0.2, 0) is 28.5 Å². The molecule has 1 fully saturated rings. The number of amides is 1. The minimum atomic E-state index is -4.91. The van der Waals surface area contributed by atoms with Gasteiger partial charge in [-0.15, -0.1) is 0 Å². The summed E-state index contributed by atoms with van der Waals surface area (Å²) in [7, 11) is 0. The van der Waals surface area contributed by atoms with Crippen molar-refractivity contribution >= 4 is 6.41 Å². The molecule has 32 heavy (non-hydrogen) atoms. The molecule has 0 radical (unpaired) electrons. The SMILES string of the molecule is O=CNCN1CCCC(OCc2cc(C(F)(F)F)cc(C(F)(F)F)c2)[C@@H]1c1ccccc1. The van der Waals surface area contributed by atoms with Crippen molar-refractivity contribution in [3.8, 4) is 0 Å². The van der Waals surface area contributed by atoms with E-state index in [4.69, 9.17) is 4.74 Å². The van der Waals surface area contributed by atoms with Gasteiger partial charge >= 0.3 is 12.4 Å². The Morgan fingerprint density at radius 2 is 1.62 bits per heavy atom. The molecule has 0 aromatic heterocycles. The van der Waals surface area contributed by atoms with Crippen LogP contribution in [0.3, 0.4) is 0 Å². The van der Waals surface area contributed by atoms with E-state index in [1.807, 2.05) is 35.2 Å². The van der Waals surface area contributed by atoms with Gasteiger partial charge in [-0.25, -0.2) is 0 Å². The lowest BCUT2D eigenvalue weighted by Crippen LogP contribution is -2.46. The molecule has 4 nitrogen and oxygen atoms in total. The molecule has 0 saturated carbocycles. The lowest BCUT2D eigenvalue weighted by atomic mass is 9.92. The number of nitrogens with zero attached hydrogens (tertiary/aromatic N) is 1. The fourth-order valence-electron chi connectivity index (χ4n) is 3.92. The average molecular weight is 460 g/mol. The van der Waals surface area contributed by atoms with Crippen LogP contribution in [0.15, 0.2) is 48.5 Å². The smallest absolute Gasteiger partial charge is 0.372 e. The summed E-state index contributed by atoms with van der Waals surface area (Å²) in [6, 6.07) is 10.4. The second kappa shape index (κ2) is 9.91. The number of likely N-dealkylation sites (tertiary alicyclic amines) is 1. The first-order chi connectivity index (χ1) is 15.1. The van der Waals surface area contributed by atoms with Gasteiger partial charge in [-0.05, 0) is 42.2 Å². The van der Waals surface area contributed by atoms with E-state index in [2.05, 4.69) is 5.32 Å². The Morgan fingerprint density at radius 3 is 2.19 bits per heavy atom. The minimum Gasteiger partial charge on any atom is -0.372 e. The molecule has 1 unspecified atom stereocenters. The molecule has 10 heteroatoms. The zero-order valence-corrected chi connectivity index (χ0v) is 16.9. The normalized spacial score (nSPS) is 20.2. The number of rotatable bonds is 7. The van der Waals surface area contributed by atoms with Crippen LogP contribution >= 0.6 is 0 Å². The summed E-state index contributed by atoms with van der Waals surface area (Å²) in [5.41, 5.74) is -2.07. The van der Waals surface area contributed by atoms with E-state index in [-0.39, 0.29) is 24.3 Å². The van der Waals surface area contributed by atoms with Crippen LogP contribution in [0.5, 0.6) is 0 Å². The van der Waals surface area contributed by atoms with Crippen molar-refractivity contribution in [3.05, 3.63) is 70.8 Å². The summed E-state index contributed by atoms with van der Waals surface area (Å²) in [4.78, 5) is 12.7. The molecule has 2 aromatic rings. The molecule has 174 valence electrons. The number of carbonyl (C=O) groups excluding carboxylic acids is 1. The summed E-state index contributed by atoms with van der Waals surface area (Å²) in [5.74, 6) is 0. The predicted molar refractivity (Wildman–Crippen MR) is 104 cm³/mol. The topological polar surface area (TPSA) is 41.6 Å². The first-order valence-electron chi connectivity index (χ1n) is 9.95. The monoisotopic (exact) mass is 460 g/mol. The number of benzene rings is 2. The van der Waals surface area contributed by atoms with Crippen molar-refractivity contribution in [2.75, 3.05) is 13.2 Å². The maximum atomic E-state index is 13.1. The zero-order chi connectivity index (χ0) is 23.4. The first kappa shape index (κ1) is 24.1. The third-order valence-electron chi connectivity index (χ3n) is 5.31. The Hall–Kier alpha value is -2.59. The predicted octanol–water partition coefficient (Wildman–Crippen LogP) is 5.15. The van der Waals surface area contributed by atoms with Gasteiger partial charge in [0, 0.05) is 6.54 Å². The third-order valence-corrected chi connectivity index (χ3v) is 5.31. The molecule has 1 saturated heterocycles. The van der Waals surface area contributed by atoms with Gasteiger partial charge in [-0.1, -0.05) is 30.3 Å². The fraction of sp³-hybridized carbons (Fsp3) is 0.409. The number of hydrogen-bond donors (Lipinski definition) is 1. The Kier molecular flexibility index (Phi) is 7.45. The summed E-state index contributed by atoms with van der Waals surface area (Å²) in [6.45, 7) is 0.489. The van der Waals surface area contributed by atoms with Gasteiger partial charge in [0.2, 0.25) is 6.41 Å². The van der Waals surface area contributed by atoms with E-state index in [0.717, 1.165) is 5.56 Å². The van der Waals surface area contributed by atoms with E-state index < -0.39 is 36.2 Å². The maximum Gasteiger partial charge on any atom is 0.416 e. The highest BCUT2D eigenvalue weighted by atomic mass is 19.4. The largest absolute Gasteiger partial charge is 0.416 e. The van der Waals surface area contributed by atoms with Crippen molar-refractivity contribution < 1.29 is 35.9 Å². The molecular formula is C22H22F6N2O2. The summed E-state index contributed by atoms with van der Waals surface area (Å²) < 4.78 is 84.7. The second-order valence-corrected chi connectivity index (χ2v) is 7.55. The van der Waals surface area contributed by atoms with Crippen LogP contribution in [0.2, 0.25) is 0 Å². The minimum absolute atomic E-state index is 0.101. The van der Waals surface area contributed by atoms with Crippen molar-refractivity contribution in [1.82, 2.24) is 10.2 Å². The summed E-state index contributed by atoms with van der Waals surface area (Å²) in [6.07, 6.45) is -8.47. The molecule has 3 rings (SSSR count). The van der Waals surface area contributed by atoms with Gasteiger partial charge in [-0.2, -0.15) is 26.3 Å². The average Bonchev–Trinajstić information content (AvgIpc) is 2.75. The zero-order valence-electron chi connectivity index (χ0n) is 16.9. The number of ether oxygens (including phenoxy) is 1. The van der Waals surface area contributed by atoms with E-state index in [0.29, 0.717) is 37.9 Å². The molecule has 1 N–H and O–H groups in total. The van der Waals surface area contributed by atoms with E-state index in [9.17, 15) is 31.1 Å². The quantitative estimate of drug-likeness (QED) is 0.459. The van der Waals surface area contributed by atoms with Crippen molar-refractivity contribution in [1.29, 1.82) is 0 Å². The summed E-state index contributed by atoms with van der Waals surface area (Å²) >= 11 is 0. The first-order valence-corrected chi connectivity index (χ1v) is 9.95. The highest BCUT2D eigenvalue weighted by molar-refractivity contribution is 5.45. The number of halogens is 6. The van der Waals surface area contributed by atoms with E-state index in [1.165, 1.54) is 0 Å². The Balaban J connectivity index is 1.86. The highest BCUT2D eigenvalue weighted by Crippen LogP contribution is 2.37. The number of nitrogens with one attached hydrogen (secondary N) is 1. The third kappa shape index (κ3) is 6.01. The molecule has 2 atom stereocenters. The van der Waals surface area contributed by atoms with Crippen LogP contribution in [0.4, 0.5) is 26.3 Å². The van der Waals surface area contributed by atoms with Crippen LogP contribution in [-0.4, -0.2) is 30.6 Å². The Morgan fingerprint density at radius 1 is 1.00 bits per heavy atom. The van der Waals surface area contributed by atoms with Crippen molar-refractivity contribution in [2.45, 2.75) is 43.9 Å². The molecule has 1 amide bonds. The van der Waals surface area contributed by atoms with Crippen LogP contribution in [0.1, 0.15) is 41.1 Å². The van der Waals surface area contributed by atoms with E-state index >= 15 is 0 Å². The fourth-order valence-corrected chi connectivity index (χ4v) is 3.92. The van der Waals surface area contributed by atoms with Gasteiger partial charge in [-0.3, -0.25) is 9.69 Å². The lowest BCUT2D eigenvalue weighted by Gasteiger charge is -2.41. The van der Waals surface area contributed by atoms with E-state index in [1.54, 1.807) is 0 Å². The van der Waals surface area contributed by atoms with Crippen LogP contribution < -0.4 is 5.32 Å². The standard InChI is InChI=1S/C22H22F6N2O2/c23-21(24,25)17-9-15(10-18(11-17)22(26,27)28)12-32-19-7-4-8-30(13-29-14-31)20(19)16-5-2-1-3-6-16/h1-3,5-6,9-11,14,19-20H,4,7-8,12-13H2,(H,29,31)/t19?,20-/m0/s1. The molecule has 2 aromatic carbocycles. The van der Waals surface area contributed by atoms with Gasteiger partial charge in [0.15, 0.2) is 0 Å². The van der Waals surface area contributed by atoms with Crippen LogP contribution in [0, 0.1) is 0 Å². The van der Waals surface area contributed by atoms with Gasteiger partial charge < -0.3 is 10.1 Å². The Labute approximate surface area is 181 Å². The molecule has 0 spiro atoms. The van der Waals surface area contributed by atoms with Crippen LogP contribution in [0.25, 0.3) is 0 Å². The molecule has 1 aliphatic rings. The number of alkyl halides is 6. The van der Waals surface area contributed by atoms with Gasteiger partial charge in [0.25, 0.3) is 0 Å². The van der Waals surface area contributed by atoms with Gasteiger partial charge in [0.05, 0.1) is 36.5 Å². The Bertz CT molecular complexity index is 869.